The highest BCUT2D eigenvalue weighted by Gasteiger charge is 2.09. The van der Waals surface area contributed by atoms with Crippen molar-refractivity contribution in [1.82, 2.24) is 4.98 Å². The lowest BCUT2D eigenvalue weighted by Crippen LogP contribution is -2.11. The second-order valence-electron chi connectivity index (χ2n) is 6.04. The molecule has 2 aromatic carbocycles. The first-order valence-corrected chi connectivity index (χ1v) is 10.6. The first-order valence-electron chi connectivity index (χ1n) is 8.74. The van der Waals surface area contributed by atoms with Gasteiger partial charge in [-0.2, -0.15) is 0 Å². The summed E-state index contributed by atoms with van der Waals surface area (Å²) in [7, 11) is 1.66. The number of methoxy groups -OCH3 is 1. The van der Waals surface area contributed by atoms with E-state index in [2.05, 4.69) is 22.4 Å². The average Bonchev–Trinajstić information content (AvgIpc) is 3.14. The predicted molar refractivity (Wildman–Crippen MR) is 114 cm³/mol. The van der Waals surface area contributed by atoms with E-state index in [4.69, 9.17) is 4.74 Å². The van der Waals surface area contributed by atoms with E-state index >= 15 is 0 Å². The summed E-state index contributed by atoms with van der Waals surface area (Å²) < 4.78 is 5.29. The summed E-state index contributed by atoms with van der Waals surface area (Å²) >= 11 is 3.22. The SMILES string of the molecule is COc1ccc(-c2csc(NC(=O)CCCSc3ccccc3)n2)cc1C. The molecule has 0 fully saturated rings. The fourth-order valence-corrected chi connectivity index (χ4v) is 4.23. The van der Waals surface area contributed by atoms with E-state index in [1.54, 1.807) is 18.9 Å². The summed E-state index contributed by atoms with van der Waals surface area (Å²) in [5.41, 5.74) is 2.94. The molecule has 0 saturated carbocycles. The molecule has 3 rings (SSSR count). The number of carbonyl (C=O) groups excluding carboxylic acids is 1. The molecule has 3 aromatic rings. The van der Waals surface area contributed by atoms with Gasteiger partial charge in [0.1, 0.15) is 5.75 Å². The highest BCUT2D eigenvalue weighted by atomic mass is 32.2. The zero-order valence-corrected chi connectivity index (χ0v) is 17.0. The van der Waals surface area contributed by atoms with Crippen LogP contribution in [0.4, 0.5) is 5.13 Å². The number of aryl methyl sites for hydroxylation is 1. The summed E-state index contributed by atoms with van der Waals surface area (Å²) in [6.07, 6.45) is 1.33. The van der Waals surface area contributed by atoms with Crippen molar-refractivity contribution in [2.45, 2.75) is 24.7 Å². The number of amides is 1. The molecule has 0 aliphatic heterocycles. The molecule has 140 valence electrons. The molecular weight excluding hydrogens is 376 g/mol. The summed E-state index contributed by atoms with van der Waals surface area (Å²) in [6, 6.07) is 16.2. The van der Waals surface area contributed by atoms with E-state index in [9.17, 15) is 4.79 Å². The molecule has 0 unspecified atom stereocenters. The van der Waals surface area contributed by atoms with E-state index in [1.165, 1.54) is 16.2 Å². The van der Waals surface area contributed by atoms with Gasteiger partial charge < -0.3 is 10.1 Å². The lowest BCUT2D eigenvalue weighted by atomic mass is 10.1. The minimum atomic E-state index is 0.00970. The van der Waals surface area contributed by atoms with Crippen LogP contribution in [0.25, 0.3) is 11.3 Å². The number of thiazole rings is 1. The third-order valence-corrected chi connectivity index (χ3v) is 5.86. The fraction of sp³-hybridized carbons (Fsp3) is 0.238. The number of rotatable bonds is 8. The van der Waals surface area contributed by atoms with Gasteiger partial charge in [0.25, 0.3) is 0 Å². The van der Waals surface area contributed by atoms with E-state index in [0.29, 0.717) is 11.6 Å². The molecule has 0 saturated heterocycles. The van der Waals surface area contributed by atoms with Gasteiger partial charge in [-0.15, -0.1) is 23.1 Å². The van der Waals surface area contributed by atoms with Crippen molar-refractivity contribution in [3.63, 3.8) is 0 Å². The normalized spacial score (nSPS) is 10.6. The maximum atomic E-state index is 12.1. The summed E-state index contributed by atoms with van der Waals surface area (Å²) in [4.78, 5) is 17.9. The van der Waals surface area contributed by atoms with Gasteiger partial charge in [0.05, 0.1) is 12.8 Å². The Hall–Kier alpha value is -2.31. The maximum absolute atomic E-state index is 12.1. The first-order chi connectivity index (χ1) is 13.2. The Morgan fingerprint density at radius 1 is 1.22 bits per heavy atom. The predicted octanol–water partition coefficient (Wildman–Crippen LogP) is 5.64. The van der Waals surface area contributed by atoms with Gasteiger partial charge in [-0.05, 0) is 55.0 Å². The number of carbonyl (C=O) groups is 1. The van der Waals surface area contributed by atoms with Gasteiger partial charge in [-0.25, -0.2) is 4.98 Å². The number of hydrogen-bond acceptors (Lipinski definition) is 5. The fourth-order valence-electron chi connectivity index (χ4n) is 2.62. The van der Waals surface area contributed by atoms with Crippen LogP contribution in [0.15, 0.2) is 58.8 Å². The number of hydrogen-bond donors (Lipinski definition) is 1. The second kappa shape index (κ2) is 9.58. The molecule has 1 N–H and O–H groups in total. The molecule has 1 aromatic heterocycles. The molecule has 0 spiro atoms. The molecule has 0 aliphatic carbocycles. The molecule has 0 bridgehead atoms. The minimum absolute atomic E-state index is 0.00970. The topological polar surface area (TPSA) is 51.2 Å². The number of anilines is 1. The Morgan fingerprint density at radius 2 is 2.04 bits per heavy atom. The average molecular weight is 399 g/mol. The Morgan fingerprint density at radius 3 is 2.78 bits per heavy atom. The molecule has 6 heteroatoms. The van der Waals surface area contributed by atoms with Crippen LogP contribution in [0.2, 0.25) is 0 Å². The number of nitrogens with one attached hydrogen (secondary N) is 1. The van der Waals surface area contributed by atoms with Crippen molar-refractivity contribution in [2.24, 2.45) is 0 Å². The number of nitrogens with zero attached hydrogens (tertiary/aromatic N) is 1. The van der Waals surface area contributed by atoms with Crippen molar-refractivity contribution in [3.8, 4) is 17.0 Å². The van der Waals surface area contributed by atoms with Crippen molar-refractivity contribution in [3.05, 3.63) is 59.5 Å². The van der Waals surface area contributed by atoms with Gasteiger partial charge in [0.2, 0.25) is 5.91 Å². The Bertz CT molecular complexity index is 894. The molecular formula is C21H22N2O2S2. The van der Waals surface area contributed by atoms with Crippen LogP contribution in [0.1, 0.15) is 18.4 Å². The van der Waals surface area contributed by atoms with Gasteiger partial charge in [0, 0.05) is 22.3 Å². The minimum Gasteiger partial charge on any atom is -0.496 e. The lowest BCUT2D eigenvalue weighted by molar-refractivity contribution is -0.116. The van der Waals surface area contributed by atoms with Crippen LogP contribution in [0.3, 0.4) is 0 Å². The van der Waals surface area contributed by atoms with Crippen LogP contribution >= 0.6 is 23.1 Å². The smallest absolute Gasteiger partial charge is 0.226 e. The largest absolute Gasteiger partial charge is 0.496 e. The van der Waals surface area contributed by atoms with Gasteiger partial charge in [-0.1, -0.05) is 18.2 Å². The van der Waals surface area contributed by atoms with Crippen molar-refractivity contribution >= 4 is 34.1 Å². The number of benzene rings is 2. The molecule has 4 nitrogen and oxygen atoms in total. The molecule has 27 heavy (non-hydrogen) atoms. The van der Waals surface area contributed by atoms with Crippen molar-refractivity contribution in [2.75, 3.05) is 18.2 Å². The zero-order chi connectivity index (χ0) is 19.1. The number of aromatic nitrogens is 1. The Balaban J connectivity index is 1.48. The standard InChI is InChI=1S/C21H22N2O2S2/c1-15-13-16(10-11-19(15)25-2)18-14-27-21(22-18)23-20(24)9-6-12-26-17-7-4-3-5-8-17/h3-5,7-8,10-11,13-14H,6,9,12H2,1-2H3,(H,22,23,24). The molecule has 1 heterocycles. The lowest BCUT2D eigenvalue weighted by Gasteiger charge is -2.05. The Kier molecular flexibility index (Phi) is 6.90. The summed E-state index contributed by atoms with van der Waals surface area (Å²) in [6.45, 7) is 2.00. The van der Waals surface area contributed by atoms with E-state index in [-0.39, 0.29) is 5.91 Å². The molecule has 1 amide bonds. The van der Waals surface area contributed by atoms with Crippen molar-refractivity contribution < 1.29 is 9.53 Å². The van der Waals surface area contributed by atoms with E-state index in [0.717, 1.165) is 34.7 Å². The van der Waals surface area contributed by atoms with Crippen molar-refractivity contribution in [1.29, 1.82) is 0 Å². The van der Waals surface area contributed by atoms with Crippen LogP contribution in [-0.2, 0) is 4.79 Å². The zero-order valence-electron chi connectivity index (χ0n) is 15.4. The molecule has 0 aliphatic rings. The second-order valence-corrected chi connectivity index (χ2v) is 8.06. The van der Waals surface area contributed by atoms with Crippen LogP contribution in [0.5, 0.6) is 5.75 Å². The van der Waals surface area contributed by atoms with Crippen LogP contribution in [-0.4, -0.2) is 23.8 Å². The third-order valence-electron chi connectivity index (χ3n) is 4.00. The number of ether oxygens (including phenoxy) is 1. The highest BCUT2D eigenvalue weighted by molar-refractivity contribution is 7.99. The van der Waals surface area contributed by atoms with Gasteiger partial charge in [-0.3, -0.25) is 4.79 Å². The summed E-state index contributed by atoms with van der Waals surface area (Å²) in [5.74, 6) is 1.79. The monoisotopic (exact) mass is 398 g/mol. The maximum Gasteiger partial charge on any atom is 0.226 e. The van der Waals surface area contributed by atoms with E-state index < -0.39 is 0 Å². The highest BCUT2D eigenvalue weighted by Crippen LogP contribution is 2.29. The Labute approximate surface area is 168 Å². The summed E-state index contributed by atoms with van der Waals surface area (Å²) in [5, 5.41) is 5.50. The molecule has 0 radical (unpaired) electrons. The van der Waals surface area contributed by atoms with Crippen LogP contribution in [0, 0.1) is 6.92 Å². The van der Waals surface area contributed by atoms with Crippen LogP contribution < -0.4 is 10.1 Å². The first kappa shape index (κ1) is 19.5. The molecule has 0 atom stereocenters. The van der Waals surface area contributed by atoms with E-state index in [1.807, 2.05) is 48.7 Å². The van der Waals surface area contributed by atoms with Gasteiger partial charge >= 0.3 is 0 Å². The number of thioether (sulfide) groups is 1. The quantitative estimate of drug-likeness (QED) is 0.394. The van der Waals surface area contributed by atoms with Gasteiger partial charge in [0.15, 0.2) is 5.13 Å². The third kappa shape index (κ3) is 5.58.